The van der Waals surface area contributed by atoms with E-state index in [0.29, 0.717) is 5.82 Å². The Bertz CT molecular complexity index is 423. The fraction of sp³-hybridized carbons (Fsp3) is 0.500. The zero-order chi connectivity index (χ0) is 13.6. The summed E-state index contributed by atoms with van der Waals surface area (Å²) in [6.07, 6.45) is 1.19. The van der Waals surface area contributed by atoms with Gasteiger partial charge in [0.05, 0.1) is 6.61 Å². The van der Waals surface area contributed by atoms with Crippen LogP contribution in [0.5, 0.6) is 0 Å². The molecule has 100 valence electrons. The third-order valence-electron chi connectivity index (χ3n) is 1.54. The van der Waals surface area contributed by atoms with Crippen LogP contribution in [0.3, 0.4) is 0 Å². The molecule has 18 heavy (non-hydrogen) atoms. The Balaban J connectivity index is 0. The Hall–Kier alpha value is 0.316. The van der Waals surface area contributed by atoms with Crippen molar-refractivity contribution in [2.24, 2.45) is 0 Å². The second-order valence-electron chi connectivity index (χ2n) is 2.81. The molecule has 1 aromatic rings. The van der Waals surface area contributed by atoms with Crippen LogP contribution in [-0.2, 0) is 11.1 Å². The van der Waals surface area contributed by atoms with Gasteiger partial charge in [-0.3, -0.25) is 0 Å². The van der Waals surface area contributed by atoms with Crippen molar-refractivity contribution < 1.29 is 29.3 Å². The van der Waals surface area contributed by atoms with E-state index in [1.807, 2.05) is 0 Å². The molecule has 0 aromatic carbocycles. The summed E-state index contributed by atoms with van der Waals surface area (Å²) in [4.78, 5) is 35.2. The number of aliphatic hydroxyl groups is 1. The van der Waals surface area contributed by atoms with Gasteiger partial charge in [-0.05, 0) is 4.92 Å². The number of phosphoric acid groups is 1. The number of aryl methyl sites for hydroxylation is 1. The van der Waals surface area contributed by atoms with E-state index >= 15 is 0 Å². The van der Waals surface area contributed by atoms with Crippen LogP contribution in [-0.4, -0.2) is 92.3 Å². The van der Waals surface area contributed by atoms with Gasteiger partial charge in [0.2, 0.25) is 0 Å². The third-order valence-corrected chi connectivity index (χ3v) is 1.54. The topological polar surface area (TPSA) is 159 Å². The molecule has 0 saturated heterocycles. The van der Waals surface area contributed by atoms with Crippen LogP contribution in [0.4, 0.5) is 5.82 Å². The number of imidazole rings is 1. The first-order valence-corrected chi connectivity index (χ1v) is 5.79. The van der Waals surface area contributed by atoms with E-state index in [1.54, 1.807) is 6.92 Å². The molecule has 0 atom stereocenters. The van der Waals surface area contributed by atoms with Gasteiger partial charge in [0, 0.05) is 6.92 Å². The Kier molecular flexibility index (Phi) is 10.6. The van der Waals surface area contributed by atoms with Crippen molar-refractivity contribution in [3.05, 3.63) is 22.1 Å². The zero-order valence-corrected chi connectivity index (χ0v) is 9.69. The van der Waals surface area contributed by atoms with Crippen molar-refractivity contribution in [3.63, 3.8) is 0 Å². The number of nitrogens with zero attached hydrogens (tertiary/aromatic N) is 3. The van der Waals surface area contributed by atoms with Crippen LogP contribution in [0.25, 0.3) is 0 Å². The van der Waals surface area contributed by atoms with Gasteiger partial charge in [-0.25, -0.2) is 14.1 Å². The molecule has 0 bridgehead atoms. The molecular weight excluding hydrogens is 296 g/mol. The first-order chi connectivity index (χ1) is 7.66. The molecule has 0 aliphatic rings. The Labute approximate surface area is 144 Å². The average Bonchev–Trinajstić information content (AvgIpc) is 2.46. The SMILES string of the molecule is Cc1ncc([N+](=O)[O-])n1CCO.O=P(O)(O)O.[KH]. The van der Waals surface area contributed by atoms with Crippen LogP contribution >= 0.6 is 7.82 Å². The average molecular weight is 309 g/mol. The van der Waals surface area contributed by atoms with Gasteiger partial charge in [0.1, 0.15) is 12.7 Å². The first-order valence-electron chi connectivity index (χ1n) is 4.22. The molecule has 0 radical (unpaired) electrons. The van der Waals surface area contributed by atoms with Gasteiger partial charge < -0.3 is 29.9 Å². The first kappa shape index (κ1) is 20.6. The minimum atomic E-state index is -4.64. The molecule has 0 amide bonds. The molecule has 12 heteroatoms. The summed E-state index contributed by atoms with van der Waals surface area (Å²) in [7, 11) is -4.64. The third kappa shape index (κ3) is 9.27. The van der Waals surface area contributed by atoms with Crippen molar-refractivity contribution in [3.8, 4) is 0 Å². The predicted molar refractivity (Wildman–Crippen MR) is 62.1 cm³/mol. The number of hydrogen-bond donors (Lipinski definition) is 4. The van der Waals surface area contributed by atoms with E-state index in [0.717, 1.165) is 0 Å². The molecule has 1 aromatic heterocycles. The molecule has 0 fully saturated rings. The van der Waals surface area contributed by atoms with Crippen LogP contribution in [0.2, 0.25) is 0 Å². The van der Waals surface area contributed by atoms with Gasteiger partial charge in [0.25, 0.3) is 0 Å². The fourth-order valence-corrected chi connectivity index (χ4v) is 0.978. The molecule has 0 aliphatic carbocycles. The molecule has 0 saturated carbocycles. The van der Waals surface area contributed by atoms with Gasteiger partial charge in [-0.1, -0.05) is 0 Å². The molecule has 0 spiro atoms. The van der Waals surface area contributed by atoms with E-state index in [9.17, 15) is 10.1 Å². The summed E-state index contributed by atoms with van der Waals surface area (Å²) < 4.78 is 10.2. The second kappa shape index (κ2) is 9.26. The summed E-state index contributed by atoms with van der Waals surface area (Å²) in [6, 6.07) is 0. The quantitative estimate of drug-likeness (QED) is 0.227. The van der Waals surface area contributed by atoms with Crippen molar-refractivity contribution in [1.82, 2.24) is 9.55 Å². The Morgan fingerprint density at radius 2 is 1.94 bits per heavy atom. The van der Waals surface area contributed by atoms with Gasteiger partial charge in [-0.2, -0.15) is 0 Å². The fourth-order valence-electron chi connectivity index (χ4n) is 0.978. The minimum absolute atomic E-state index is 0. The molecular formula is C6H13KN3O7P. The van der Waals surface area contributed by atoms with Gasteiger partial charge in [0.15, 0.2) is 5.82 Å². The van der Waals surface area contributed by atoms with E-state index < -0.39 is 12.7 Å². The summed E-state index contributed by atoms with van der Waals surface area (Å²) in [6.45, 7) is 1.74. The monoisotopic (exact) mass is 309 g/mol. The maximum absolute atomic E-state index is 10.4. The van der Waals surface area contributed by atoms with Crippen molar-refractivity contribution in [2.45, 2.75) is 13.5 Å². The Morgan fingerprint density at radius 3 is 2.28 bits per heavy atom. The number of rotatable bonds is 3. The van der Waals surface area contributed by atoms with Crippen molar-refractivity contribution in [2.75, 3.05) is 6.61 Å². The standard InChI is InChI=1S/C6H9N3O3.K.H3O4P.H/c1-5-7-4-6(9(11)12)8(5)2-3-10;;1-5(2,3)4;/h4,10H,2-3H2,1H3;;(H3,1,2,3,4);. The molecule has 0 unspecified atom stereocenters. The zero-order valence-electron chi connectivity index (χ0n) is 8.79. The molecule has 1 rings (SSSR count). The number of aliphatic hydroxyl groups excluding tert-OH is 1. The normalized spacial score (nSPS) is 10.1. The van der Waals surface area contributed by atoms with Crippen LogP contribution in [0.1, 0.15) is 5.82 Å². The van der Waals surface area contributed by atoms with Crippen molar-refractivity contribution in [1.29, 1.82) is 0 Å². The van der Waals surface area contributed by atoms with E-state index in [4.69, 9.17) is 24.4 Å². The van der Waals surface area contributed by atoms with Gasteiger partial charge in [-0.15, -0.1) is 0 Å². The van der Waals surface area contributed by atoms with Crippen LogP contribution in [0, 0.1) is 17.0 Å². The summed E-state index contributed by atoms with van der Waals surface area (Å²) in [5.41, 5.74) is 0. The predicted octanol–water partition coefficient (Wildman–Crippen LogP) is -1.49. The maximum atomic E-state index is 10.4. The molecule has 0 aliphatic heterocycles. The van der Waals surface area contributed by atoms with Gasteiger partial charge >= 0.3 is 65.0 Å². The van der Waals surface area contributed by atoms with E-state index in [-0.39, 0.29) is 70.4 Å². The summed E-state index contributed by atoms with van der Waals surface area (Å²) >= 11 is 0. The molecule has 1 heterocycles. The summed E-state index contributed by atoms with van der Waals surface area (Å²) in [5, 5.41) is 19.0. The molecule has 4 N–H and O–H groups in total. The Morgan fingerprint density at radius 1 is 1.50 bits per heavy atom. The summed E-state index contributed by atoms with van der Waals surface area (Å²) in [5.74, 6) is 0.456. The number of aromatic nitrogens is 2. The van der Waals surface area contributed by atoms with Crippen molar-refractivity contribution >= 4 is 65.0 Å². The molecule has 10 nitrogen and oxygen atoms in total. The number of nitro groups is 1. The van der Waals surface area contributed by atoms with Crippen LogP contribution in [0.15, 0.2) is 6.20 Å². The van der Waals surface area contributed by atoms with E-state index in [2.05, 4.69) is 4.98 Å². The van der Waals surface area contributed by atoms with E-state index in [1.165, 1.54) is 10.8 Å². The van der Waals surface area contributed by atoms with Crippen LogP contribution < -0.4 is 0 Å². The number of hydrogen-bond acceptors (Lipinski definition) is 5. The second-order valence-corrected chi connectivity index (χ2v) is 3.84.